The fraction of sp³-hybridized carbons (Fsp3) is 0.958. The van der Waals surface area contributed by atoms with Crippen LogP contribution in [0.2, 0.25) is 0 Å². The number of hydrogen-bond donors (Lipinski definition) is 13. The van der Waals surface area contributed by atoms with Crippen LogP contribution in [-0.2, 0) is 23.7 Å². The van der Waals surface area contributed by atoms with Gasteiger partial charge in [0.1, 0.15) is 61.0 Å². The highest BCUT2D eigenvalue weighted by Crippen LogP contribution is 2.31. The summed E-state index contributed by atoms with van der Waals surface area (Å²) < 4.78 is 23.2. The number of carbonyl (C=O) groups is 1. The standard InChI is InChI=1S/C24H48N6O12/c1-2-29-6-11-16(34)17(35)14(28)23(39-11)41-20-8(26)5-9(30-22(38)10(32)3-4-25)21(19(20)37)42-24-18(36)13(27)15(33)12(7-31)40-24/h8-21,23-24,29,31-37H,2-7,25-28H2,1H3,(H,30,38)/t8-,9+,10-,11+,12+,13-,14+,15+,16+,17+,18+,19-,20?,21-,23+,24+/m0/s1. The summed E-state index contributed by atoms with van der Waals surface area (Å²) in [5.41, 5.74) is 23.8. The first kappa shape index (κ1) is 35.3. The van der Waals surface area contributed by atoms with E-state index in [4.69, 9.17) is 41.9 Å². The summed E-state index contributed by atoms with van der Waals surface area (Å²) in [6, 6.07) is -4.55. The molecule has 1 amide bonds. The molecule has 246 valence electrons. The van der Waals surface area contributed by atoms with Crippen molar-refractivity contribution in [1.82, 2.24) is 10.6 Å². The summed E-state index contributed by atoms with van der Waals surface area (Å²) >= 11 is 0. The van der Waals surface area contributed by atoms with E-state index < -0.39 is 110 Å². The Balaban J connectivity index is 1.84. The zero-order chi connectivity index (χ0) is 31.3. The Labute approximate surface area is 243 Å². The number of carbonyl (C=O) groups excluding carboxylic acids is 1. The van der Waals surface area contributed by atoms with Crippen molar-refractivity contribution in [3.63, 3.8) is 0 Å². The lowest BCUT2D eigenvalue weighted by Gasteiger charge is -2.49. The van der Waals surface area contributed by atoms with Crippen molar-refractivity contribution < 1.29 is 59.5 Å². The predicted molar refractivity (Wildman–Crippen MR) is 143 cm³/mol. The SMILES string of the molecule is CCNC[C@H]1O[C@H](OC2[C@@H](N)C[C@@H](NC(=O)[C@@H](O)CCN)[C@H](O[C@H]3O[C@H](CO)[C@@H](O)[C@H](N)[C@H]3O)[C@H]2O)[C@H](N)[C@@H](O)[C@@H]1O. The maximum Gasteiger partial charge on any atom is 0.249 e. The third-order valence-corrected chi connectivity index (χ3v) is 7.95. The molecule has 0 aromatic carbocycles. The molecular formula is C24H48N6O12. The lowest BCUT2D eigenvalue weighted by molar-refractivity contribution is -0.320. The molecule has 3 aliphatic rings. The molecule has 3 fully saturated rings. The van der Waals surface area contributed by atoms with Crippen LogP contribution in [0.5, 0.6) is 0 Å². The predicted octanol–water partition coefficient (Wildman–Crippen LogP) is -7.81. The summed E-state index contributed by atoms with van der Waals surface area (Å²) in [5.74, 6) is -0.815. The van der Waals surface area contributed by atoms with E-state index in [1.54, 1.807) is 0 Å². The molecule has 18 nitrogen and oxygen atoms in total. The van der Waals surface area contributed by atoms with Crippen molar-refractivity contribution in [3.8, 4) is 0 Å². The Bertz CT molecular complexity index is 850. The largest absolute Gasteiger partial charge is 0.394 e. The summed E-state index contributed by atoms with van der Waals surface area (Å²) in [4.78, 5) is 12.7. The number of rotatable bonds is 12. The van der Waals surface area contributed by atoms with E-state index in [1.165, 1.54) is 0 Å². The topological polar surface area (TPSA) is 324 Å². The molecule has 2 heterocycles. The number of aliphatic hydroxyl groups is 7. The molecular weight excluding hydrogens is 564 g/mol. The quantitative estimate of drug-likeness (QED) is 0.0972. The van der Waals surface area contributed by atoms with Gasteiger partial charge in [-0.25, -0.2) is 0 Å². The van der Waals surface area contributed by atoms with Crippen LogP contribution in [0.4, 0.5) is 0 Å². The lowest BCUT2D eigenvalue weighted by atomic mass is 9.83. The Morgan fingerprint density at radius 1 is 0.905 bits per heavy atom. The van der Waals surface area contributed by atoms with Gasteiger partial charge in [-0.2, -0.15) is 0 Å². The zero-order valence-electron chi connectivity index (χ0n) is 23.5. The molecule has 1 unspecified atom stereocenters. The van der Waals surface area contributed by atoms with Gasteiger partial charge in [-0.1, -0.05) is 6.92 Å². The number of nitrogens with one attached hydrogen (secondary N) is 2. The van der Waals surface area contributed by atoms with Gasteiger partial charge in [0.25, 0.3) is 0 Å². The molecule has 1 aliphatic carbocycles. The van der Waals surface area contributed by atoms with Gasteiger partial charge in [0.2, 0.25) is 5.91 Å². The lowest BCUT2D eigenvalue weighted by Crippen LogP contribution is -2.70. The average Bonchev–Trinajstić information content (AvgIpc) is 2.96. The zero-order valence-corrected chi connectivity index (χ0v) is 23.5. The van der Waals surface area contributed by atoms with Gasteiger partial charge >= 0.3 is 0 Å². The van der Waals surface area contributed by atoms with Crippen LogP contribution in [0, 0.1) is 0 Å². The summed E-state index contributed by atoms with van der Waals surface area (Å²) in [6.45, 7) is 1.94. The van der Waals surface area contributed by atoms with Gasteiger partial charge in [0.15, 0.2) is 12.6 Å². The smallest absolute Gasteiger partial charge is 0.249 e. The fourth-order valence-electron chi connectivity index (χ4n) is 5.37. The molecule has 0 aromatic heterocycles. The number of ether oxygens (including phenoxy) is 4. The van der Waals surface area contributed by atoms with Crippen LogP contribution in [0.25, 0.3) is 0 Å². The number of nitrogens with two attached hydrogens (primary N) is 4. The molecule has 0 spiro atoms. The molecule has 0 radical (unpaired) electrons. The molecule has 18 heteroatoms. The highest BCUT2D eigenvalue weighted by Gasteiger charge is 2.52. The average molecular weight is 613 g/mol. The molecule has 16 atom stereocenters. The van der Waals surface area contributed by atoms with E-state index in [2.05, 4.69) is 10.6 Å². The Morgan fingerprint density at radius 2 is 1.55 bits per heavy atom. The number of likely N-dealkylation sites (N-methyl/N-ethyl adjacent to an activating group) is 1. The van der Waals surface area contributed by atoms with Crippen molar-refractivity contribution in [2.24, 2.45) is 22.9 Å². The van der Waals surface area contributed by atoms with Gasteiger partial charge in [-0.3, -0.25) is 4.79 Å². The third kappa shape index (κ3) is 7.91. The van der Waals surface area contributed by atoms with Crippen LogP contribution in [0.1, 0.15) is 19.8 Å². The van der Waals surface area contributed by atoms with Gasteiger partial charge in [-0.15, -0.1) is 0 Å². The minimum Gasteiger partial charge on any atom is -0.394 e. The van der Waals surface area contributed by atoms with E-state index in [-0.39, 0.29) is 25.9 Å². The van der Waals surface area contributed by atoms with E-state index >= 15 is 0 Å². The monoisotopic (exact) mass is 612 g/mol. The summed E-state index contributed by atoms with van der Waals surface area (Å²) in [6.07, 6.45) is -16.7. The molecule has 42 heavy (non-hydrogen) atoms. The summed E-state index contributed by atoms with van der Waals surface area (Å²) in [7, 11) is 0. The Kier molecular flexibility index (Phi) is 13.2. The Morgan fingerprint density at radius 3 is 2.17 bits per heavy atom. The minimum absolute atomic E-state index is 0.0269. The van der Waals surface area contributed by atoms with Gasteiger partial charge in [-0.05, 0) is 25.9 Å². The second-order valence-corrected chi connectivity index (χ2v) is 11.0. The molecule has 2 saturated heterocycles. The van der Waals surface area contributed by atoms with Crippen molar-refractivity contribution in [1.29, 1.82) is 0 Å². The van der Waals surface area contributed by atoms with Crippen molar-refractivity contribution in [2.75, 3.05) is 26.2 Å². The van der Waals surface area contributed by atoms with Crippen LogP contribution < -0.4 is 33.6 Å². The summed E-state index contributed by atoms with van der Waals surface area (Å²) in [5, 5.41) is 78.5. The van der Waals surface area contributed by atoms with Gasteiger partial charge in [0.05, 0.1) is 24.7 Å². The van der Waals surface area contributed by atoms with E-state index in [1.807, 2.05) is 6.92 Å². The van der Waals surface area contributed by atoms with E-state index in [9.17, 15) is 40.5 Å². The van der Waals surface area contributed by atoms with Gasteiger partial charge in [0, 0.05) is 12.6 Å². The van der Waals surface area contributed by atoms with Crippen LogP contribution in [0.3, 0.4) is 0 Å². The second-order valence-electron chi connectivity index (χ2n) is 11.0. The molecule has 17 N–H and O–H groups in total. The van der Waals surface area contributed by atoms with E-state index in [0.717, 1.165) is 0 Å². The highest BCUT2D eigenvalue weighted by atomic mass is 16.7. The maximum absolute atomic E-state index is 12.7. The molecule has 1 saturated carbocycles. The first-order valence-corrected chi connectivity index (χ1v) is 14.1. The number of hydrogen-bond acceptors (Lipinski definition) is 17. The fourth-order valence-corrected chi connectivity index (χ4v) is 5.37. The van der Waals surface area contributed by atoms with Crippen molar-refractivity contribution in [2.45, 2.75) is 118 Å². The van der Waals surface area contributed by atoms with Crippen LogP contribution in [0.15, 0.2) is 0 Å². The molecule has 0 bridgehead atoms. The molecule has 2 aliphatic heterocycles. The Hall–Kier alpha value is -1.17. The van der Waals surface area contributed by atoms with Crippen LogP contribution >= 0.6 is 0 Å². The van der Waals surface area contributed by atoms with Crippen molar-refractivity contribution in [3.05, 3.63) is 0 Å². The second kappa shape index (κ2) is 15.7. The maximum atomic E-state index is 12.7. The molecule has 0 aromatic rings. The van der Waals surface area contributed by atoms with Crippen molar-refractivity contribution >= 4 is 5.91 Å². The van der Waals surface area contributed by atoms with Gasteiger partial charge < -0.3 is 88.3 Å². The first-order chi connectivity index (χ1) is 19.9. The number of aliphatic hydroxyl groups excluding tert-OH is 7. The van der Waals surface area contributed by atoms with E-state index in [0.29, 0.717) is 6.54 Å². The highest BCUT2D eigenvalue weighted by molar-refractivity contribution is 5.80. The minimum atomic E-state index is -1.65. The normalized spacial score (nSPS) is 45.4. The first-order valence-electron chi connectivity index (χ1n) is 14.1. The third-order valence-electron chi connectivity index (χ3n) is 7.95. The van der Waals surface area contributed by atoms with Crippen LogP contribution in [-0.4, -0.2) is 166 Å². The number of amides is 1. The molecule has 3 rings (SSSR count).